The van der Waals surface area contributed by atoms with E-state index in [2.05, 4.69) is 0 Å². The highest BCUT2D eigenvalue weighted by atomic mass is 35.5. The van der Waals surface area contributed by atoms with E-state index in [1.54, 1.807) is 6.07 Å². The highest BCUT2D eigenvalue weighted by molar-refractivity contribution is 6.31. The van der Waals surface area contributed by atoms with Crippen molar-refractivity contribution in [3.63, 3.8) is 0 Å². The Hall–Kier alpha value is -1.67. The fraction of sp³-hybridized carbons (Fsp3) is 0.188. The zero-order chi connectivity index (χ0) is 13.8. The Labute approximate surface area is 117 Å². The monoisotopic (exact) mass is 276 g/mol. The summed E-state index contributed by atoms with van der Waals surface area (Å²) in [6.45, 7) is 2.00. The normalized spacial score (nSPS) is 10.5. The summed E-state index contributed by atoms with van der Waals surface area (Å²) in [5.41, 5.74) is 2.81. The second-order valence-corrected chi connectivity index (χ2v) is 5.02. The summed E-state index contributed by atoms with van der Waals surface area (Å²) in [5, 5.41) is 0.303. The molecule has 0 bridgehead atoms. The van der Waals surface area contributed by atoms with Crippen molar-refractivity contribution in [2.45, 2.75) is 19.8 Å². The van der Waals surface area contributed by atoms with E-state index in [1.165, 1.54) is 12.1 Å². The van der Waals surface area contributed by atoms with Crippen molar-refractivity contribution < 1.29 is 9.18 Å². The number of hydrogen-bond donors (Lipinski definition) is 0. The molecule has 2 aromatic carbocycles. The van der Waals surface area contributed by atoms with Crippen LogP contribution < -0.4 is 0 Å². The van der Waals surface area contributed by atoms with Crippen LogP contribution in [0, 0.1) is 12.7 Å². The fourth-order valence-corrected chi connectivity index (χ4v) is 2.11. The zero-order valence-corrected chi connectivity index (χ0v) is 11.4. The van der Waals surface area contributed by atoms with Gasteiger partial charge in [-0.15, -0.1) is 0 Å². The van der Waals surface area contributed by atoms with Gasteiger partial charge in [-0.25, -0.2) is 4.39 Å². The number of halogens is 2. The lowest BCUT2D eigenvalue weighted by molar-refractivity contribution is -0.117. The minimum Gasteiger partial charge on any atom is -0.299 e. The summed E-state index contributed by atoms with van der Waals surface area (Å²) in [7, 11) is 0. The van der Waals surface area contributed by atoms with Crippen molar-refractivity contribution in [3.05, 3.63) is 70.0 Å². The summed E-state index contributed by atoms with van der Waals surface area (Å²) in [4.78, 5) is 12.0. The number of hydrogen-bond acceptors (Lipinski definition) is 1. The van der Waals surface area contributed by atoms with E-state index >= 15 is 0 Å². The van der Waals surface area contributed by atoms with Gasteiger partial charge in [-0.05, 0) is 30.2 Å². The second-order valence-electron chi connectivity index (χ2n) is 4.61. The molecule has 0 radical (unpaired) electrons. The van der Waals surface area contributed by atoms with E-state index in [9.17, 15) is 9.18 Å². The first-order valence-electron chi connectivity index (χ1n) is 6.06. The lowest BCUT2D eigenvalue weighted by Crippen LogP contribution is -2.07. The molecule has 2 aromatic rings. The smallest absolute Gasteiger partial charge is 0.141 e. The molecular weight excluding hydrogens is 263 g/mol. The molecule has 0 atom stereocenters. The van der Waals surface area contributed by atoms with Crippen LogP contribution in [-0.4, -0.2) is 5.78 Å². The van der Waals surface area contributed by atoms with Crippen molar-refractivity contribution in [3.8, 4) is 0 Å². The first-order chi connectivity index (χ1) is 9.04. The van der Waals surface area contributed by atoms with Gasteiger partial charge in [0.1, 0.15) is 11.6 Å². The van der Waals surface area contributed by atoms with Crippen molar-refractivity contribution in [1.82, 2.24) is 0 Å². The van der Waals surface area contributed by atoms with E-state index in [4.69, 9.17) is 11.6 Å². The first kappa shape index (κ1) is 13.8. The van der Waals surface area contributed by atoms with Crippen LogP contribution in [0.2, 0.25) is 5.02 Å². The molecule has 0 heterocycles. The van der Waals surface area contributed by atoms with E-state index < -0.39 is 0 Å². The molecule has 0 aliphatic rings. The maximum absolute atomic E-state index is 12.9. The Kier molecular flexibility index (Phi) is 4.33. The molecule has 0 N–H and O–H groups in total. The second kappa shape index (κ2) is 5.98. The molecule has 0 spiro atoms. The number of benzene rings is 2. The summed E-state index contributed by atoms with van der Waals surface area (Å²) in [6.07, 6.45) is 0.598. The Morgan fingerprint density at radius 1 is 1.11 bits per heavy atom. The third kappa shape index (κ3) is 3.90. The number of carbonyl (C=O) groups is 1. The molecular formula is C16H14ClFO. The number of Topliss-reactive ketones (excluding diaryl/α,β-unsaturated/α-hetero) is 1. The van der Waals surface area contributed by atoms with Gasteiger partial charge in [0, 0.05) is 17.9 Å². The van der Waals surface area contributed by atoms with E-state index in [0.29, 0.717) is 17.0 Å². The highest BCUT2D eigenvalue weighted by Gasteiger charge is 2.09. The quantitative estimate of drug-likeness (QED) is 0.820. The lowest BCUT2D eigenvalue weighted by Gasteiger charge is -2.05. The van der Waals surface area contributed by atoms with Crippen LogP contribution in [-0.2, 0) is 17.6 Å². The van der Waals surface area contributed by atoms with Crippen LogP contribution in [0.1, 0.15) is 16.7 Å². The van der Waals surface area contributed by atoms with E-state index in [-0.39, 0.29) is 18.0 Å². The third-order valence-electron chi connectivity index (χ3n) is 2.92. The average Bonchev–Trinajstić information content (AvgIpc) is 2.36. The van der Waals surface area contributed by atoms with Crippen molar-refractivity contribution in [1.29, 1.82) is 0 Å². The van der Waals surface area contributed by atoms with E-state index in [1.807, 2.05) is 31.2 Å². The van der Waals surface area contributed by atoms with Crippen LogP contribution in [0.5, 0.6) is 0 Å². The van der Waals surface area contributed by atoms with Crippen LogP contribution >= 0.6 is 11.6 Å². The summed E-state index contributed by atoms with van der Waals surface area (Å²) in [5.74, 6) is -0.322. The van der Waals surface area contributed by atoms with E-state index in [0.717, 1.165) is 11.1 Å². The van der Waals surface area contributed by atoms with Gasteiger partial charge >= 0.3 is 0 Å². The summed E-state index contributed by atoms with van der Waals surface area (Å²) >= 11 is 5.91. The lowest BCUT2D eigenvalue weighted by atomic mass is 10.0. The maximum atomic E-state index is 12.9. The van der Waals surface area contributed by atoms with Gasteiger partial charge in [-0.3, -0.25) is 4.79 Å². The molecule has 1 nitrogen and oxygen atoms in total. The van der Waals surface area contributed by atoms with Crippen LogP contribution in [0.25, 0.3) is 0 Å². The Morgan fingerprint density at radius 3 is 2.42 bits per heavy atom. The molecule has 2 rings (SSSR count). The molecule has 0 fully saturated rings. The minimum absolute atomic E-state index is 0.0670. The molecule has 0 saturated heterocycles. The number of aryl methyl sites for hydroxylation is 1. The molecule has 0 saturated carbocycles. The standard InChI is InChI=1S/C16H14ClFO/c1-11-2-4-12(5-3-11)8-15(19)9-13-6-7-14(18)10-16(13)17/h2-7,10H,8-9H2,1H3. The predicted molar refractivity (Wildman–Crippen MR) is 75.0 cm³/mol. The number of rotatable bonds is 4. The topological polar surface area (TPSA) is 17.1 Å². The van der Waals surface area contributed by atoms with Gasteiger partial charge in [0.05, 0.1) is 0 Å². The third-order valence-corrected chi connectivity index (χ3v) is 3.28. The molecule has 19 heavy (non-hydrogen) atoms. The van der Waals surface area contributed by atoms with Gasteiger partial charge in [0.2, 0.25) is 0 Å². The maximum Gasteiger partial charge on any atom is 0.141 e. The van der Waals surface area contributed by atoms with Crippen molar-refractivity contribution in [2.24, 2.45) is 0 Å². The van der Waals surface area contributed by atoms with Gasteiger partial charge in [0.15, 0.2) is 0 Å². The predicted octanol–water partition coefficient (Wildman–Crippen LogP) is 4.14. The molecule has 3 heteroatoms. The minimum atomic E-state index is -0.389. The van der Waals surface area contributed by atoms with Gasteiger partial charge in [0.25, 0.3) is 0 Å². The highest BCUT2D eigenvalue weighted by Crippen LogP contribution is 2.18. The van der Waals surface area contributed by atoms with Gasteiger partial charge < -0.3 is 0 Å². The molecule has 0 aromatic heterocycles. The summed E-state index contributed by atoms with van der Waals surface area (Å²) in [6, 6.07) is 12.0. The average molecular weight is 277 g/mol. The van der Waals surface area contributed by atoms with Crippen LogP contribution in [0.3, 0.4) is 0 Å². The largest absolute Gasteiger partial charge is 0.299 e. The first-order valence-corrected chi connectivity index (χ1v) is 6.43. The van der Waals surface area contributed by atoms with Crippen molar-refractivity contribution >= 4 is 17.4 Å². The Balaban J connectivity index is 2.03. The molecule has 0 unspecified atom stereocenters. The zero-order valence-electron chi connectivity index (χ0n) is 10.6. The van der Waals surface area contributed by atoms with Gasteiger partial charge in [-0.2, -0.15) is 0 Å². The van der Waals surface area contributed by atoms with Crippen molar-refractivity contribution in [2.75, 3.05) is 0 Å². The van der Waals surface area contributed by atoms with Crippen LogP contribution in [0.4, 0.5) is 4.39 Å². The fourth-order valence-electron chi connectivity index (χ4n) is 1.87. The molecule has 0 amide bonds. The van der Waals surface area contributed by atoms with Crippen LogP contribution in [0.15, 0.2) is 42.5 Å². The Bertz CT molecular complexity index is 590. The number of carbonyl (C=O) groups excluding carboxylic acids is 1. The SMILES string of the molecule is Cc1ccc(CC(=O)Cc2ccc(F)cc2Cl)cc1. The van der Waals surface area contributed by atoms with Gasteiger partial charge in [-0.1, -0.05) is 47.5 Å². The molecule has 0 aliphatic heterocycles. The summed E-state index contributed by atoms with van der Waals surface area (Å²) < 4.78 is 12.9. The molecule has 98 valence electrons. The molecule has 0 aliphatic carbocycles. The number of ketones is 1. The Morgan fingerprint density at radius 2 is 1.79 bits per heavy atom.